The number of carbonyl (C=O) groups is 2. The van der Waals surface area contributed by atoms with Crippen LogP contribution in [0.4, 0.5) is 0 Å². The minimum atomic E-state index is -2.14. The summed E-state index contributed by atoms with van der Waals surface area (Å²) in [6.07, 6.45) is -33.0. The molecule has 56 heavy (non-hydrogen) atoms. The van der Waals surface area contributed by atoms with Gasteiger partial charge >= 0.3 is 29.6 Å². The number of aliphatic hydroxyl groups excluding tert-OH is 13. The van der Waals surface area contributed by atoms with E-state index in [1.165, 1.54) is 6.92 Å². The molecule has 4 heterocycles. The molecule has 0 aromatic rings. The summed E-state index contributed by atoms with van der Waals surface area (Å²) < 4.78 is 40.7. The normalized spacial score (nSPS) is 45.6. The molecular formula is C31H54N2NaO22+. The molecule has 4 aliphatic rings. The van der Waals surface area contributed by atoms with Gasteiger partial charge in [-0.1, -0.05) is 0 Å². The predicted octanol–water partition coefficient (Wildman–Crippen LogP) is -12.3. The van der Waals surface area contributed by atoms with E-state index in [0.717, 1.165) is 13.8 Å². The van der Waals surface area contributed by atoms with E-state index in [1.54, 1.807) is 0 Å². The van der Waals surface area contributed by atoms with Crippen molar-refractivity contribution >= 4 is 11.8 Å². The molecule has 0 aromatic carbocycles. The van der Waals surface area contributed by atoms with Crippen molar-refractivity contribution in [1.82, 2.24) is 10.6 Å². The zero-order chi connectivity index (χ0) is 41.1. The van der Waals surface area contributed by atoms with Crippen LogP contribution in [0.1, 0.15) is 27.2 Å². The first-order valence-electron chi connectivity index (χ1n) is 17.5. The van der Waals surface area contributed by atoms with E-state index in [2.05, 4.69) is 10.6 Å². The molecular weight excluding hydrogens is 775 g/mol. The Morgan fingerprint density at radius 3 is 1.79 bits per heavy atom. The van der Waals surface area contributed by atoms with Crippen LogP contribution in [-0.4, -0.2) is 233 Å². The smallest absolute Gasteiger partial charge is 0.394 e. The molecule has 4 fully saturated rings. The molecule has 0 saturated carbocycles. The van der Waals surface area contributed by atoms with Gasteiger partial charge in [0.25, 0.3) is 0 Å². The minimum Gasteiger partial charge on any atom is -0.394 e. The van der Waals surface area contributed by atoms with Crippen molar-refractivity contribution in [3.05, 3.63) is 0 Å². The van der Waals surface area contributed by atoms with Crippen LogP contribution in [0.15, 0.2) is 0 Å². The number of nitrogens with one attached hydrogen (secondary N) is 2. The summed E-state index contributed by atoms with van der Waals surface area (Å²) in [7, 11) is 0. The van der Waals surface area contributed by atoms with E-state index in [4.69, 9.17) is 33.2 Å². The van der Waals surface area contributed by atoms with Crippen LogP contribution in [0.3, 0.4) is 0 Å². The van der Waals surface area contributed by atoms with Crippen LogP contribution in [0.2, 0.25) is 0 Å². The van der Waals surface area contributed by atoms with Crippen molar-refractivity contribution in [2.75, 3.05) is 26.4 Å². The summed E-state index contributed by atoms with van der Waals surface area (Å²) in [6, 6.07) is -2.95. The van der Waals surface area contributed by atoms with Gasteiger partial charge in [-0.05, 0) is 6.92 Å². The van der Waals surface area contributed by atoms with Crippen molar-refractivity contribution in [3.63, 3.8) is 0 Å². The zero-order valence-electron chi connectivity index (χ0n) is 31.1. The Hall–Kier alpha value is -0.860. The van der Waals surface area contributed by atoms with E-state index in [-0.39, 0.29) is 29.6 Å². The molecule has 0 aromatic heterocycles. The summed E-state index contributed by atoms with van der Waals surface area (Å²) in [5, 5.41) is 141. The minimum absolute atomic E-state index is 0. The molecule has 21 atom stereocenters. The molecule has 0 bridgehead atoms. The van der Waals surface area contributed by atoms with Crippen LogP contribution >= 0.6 is 0 Å². The predicted molar refractivity (Wildman–Crippen MR) is 172 cm³/mol. The molecule has 0 radical (unpaired) electrons. The summed E-state index contributed by atoms with van der Waals surface area (Å²) >= 11 is 0. The molecule has 9 unspecified atom stereocenters. The van der Waals surface area contributed by atoms with Gasteiger partial charge in [-0.15, -0.1) is 0 Å². The first-order chi connectivity index (χ1) is 25.8. The Morgan fingerprint density at radius 1 is 0.696 bits per heavy atom. The zero-order valence-corrected chi connectivity index (χ0v) is 33.1. The number of hydrogen-bond acceptors (Lipinski definition) is 22. The molecule has 2 amide bonds. The van der Waals surface area contributed by atoms with E-state index in [1.807, 2.05) is 0 Å². The average molecular weight is 830 g/mol. The van der Waals surface area contributed by atoms with Crippen molar-refractivity contribution in [2.24, 2.45) is 0 Å². The molecule has 25 heteroatoms. The Bertz CT molecular complexity index is 1260. The van der Waals surface area contributed by atoms with E-state index in [0.29, 0.717) is 0 Å². The number of hydrogen-bond donors (Lipinski definition) is 15. The van der Waals surface area contributed by atoms with Gasteiger partial charge in [-0.25, -0.2) is 0 Å². The molecule has 0 aliphatic carbocycles. The van der Waals surface area contributed by atoms with Crippen molar-refractivity contribution in [2.45, 2.75) is 155 Å². The fraction of sp³-hybridized carbons (Fsp3) is 0.935. The fourth-order valence-corrected chi connectivity index (χ4v) is 7.10. The summed E-state index contributed by atoms with van der Waals surface area (Å²) in [4.78, 5) is 24.1. The van der Waals surface area contributed by atoms with Crippen LogP contribution in [0.25, 0.3) is 0 Å². The third-order valence-corrected chi connectivity index (χ3v) is 9.87. The van der Waals surface area contributed by atoms with Gasteiger partial charge in [0.1, 0.15) is 91.5 Å². The van der Waals surface area contributed by atoms with Gasteiger partial charge in [-0.3, -0.25) is 9.59 Å². The topological polar surface area (TPSA) is 386 Å². The van der Waals surface area contributed by atoms with Crippen molar-refractivity contribution in [3.8, 4) is 0 Å². The second-order valence-corrected chi connectivity index (χ2v) is 14.1. The van der Waals surface area contributed by atoms with Crippen molar-refractivity contribution < 1.29 is 139 Å². The van der Waals surface area contributed by atoms with Crippen LogP contribution < -0.4 is 40.2 Å². The van der Waals surface area contributed by atoms with E-state index in [9.17, 15) is 76.0 Å². The molecule has 4 saturated heterocycles. The Kier molecular flexibility index (Phi) is 18.6. The fourth-order valence-electron chi connectivity index (χ4n) is 7.10. The Morgan fingerprint density at radius 2 is 1.23 bits per heavy atom. The second-order valence-electron chi connectivity index (χ2n) is 14.1. The second kappa shape index (κ2) is 21.1. The number of ether oxygens (including phenoxy) is 7. The van der Waals surface area contributed by atoms with Crippen LogP contribution in [-0.2, 0) is 42.7 Å². The van der Waals surface area contributed by atoms with Gasteiger partial charge in [-0.2, -0.15) is 0 Å². The number of rotatable bonds is 14. The molecule has 15 N–H and O–H groups in total. The van der Waals surface area contributed by atoms with E-state index < -0.39 is 173 Å². The molecule has 0 spiro atoms. The maximum atomic E-state index is 12.1. The largest absolute Gasteiger partial charge is 1.00 e. The van der Waals surface area contributed by atoms with Gasteiger partial charge in [0.05, 0.1) is 38.6 Å². The summed E-state index contributed by atoms with van der Waals surface area (Å²) in [6.45, 7) is -0.295. The van der Waals surface area contributed by atoms with E-state index >= 15 is 0 Å². The quantitative estimate of drug-likeness (QED) is 0.0723. The number of amides is 2. The summed E-state index contributed by atoms with van der Waals surface area (Å²) in [5.74, 6) is -3.54. The van der Waals surface area contributed by atoms with Gasteiger partial charge in [0.15, 0.2) is 24.7 Å². The first kappa shape index (κ1) is 49.5. The first-order valence-corrected chi connectivity index (χ1v) is 17.5. The molecule has 320 valence electrons. The van der Waals surface area contributed by atoms with Crippen LogP contribution in [0.5, 0.6) is 0 Å². The monoisotopic (exact) mass is 829 g/mol. The average Bonchev–Trinajstić information content (AvgIpc) is 3.13. The number of carbonyl (C=O) groups excluding carboxylic acids is 2. The third kappa shape index (κ3) is 11.1. The Labute approximate surface area is 342 Å². The maximum absolute atomic E-state index is 12.1. The maximum Gasteiger partial charge on any atom is 1.00 e. The molecule has 4 rings (SSSR count). The van der Waals surface area contributed by atoms with Gasteiger partial charge in [0, 0.05) is 20.3 Å². The Balaban J connectivity index is 0.00000841. The molecule has 4 aliphatic heterocycles. The molecule has 24 nitrogen and oxygen atoms in total. The standard InChI is InChI=1S/C31H54N2O22.Na/c1-9(38)32-16-11(40)4-31(3,54-26(16)18(42)12(41)5-34)55-27-23(47)30(52-24-14(7-36)49-28(48)22(46)21(24)45)51-15(8-37)25(27)53-29-17(33-10(2)39)20(44)19(43)13(6-35)50-29;/h11-30,34-37,40-48H,4-8H2,1-3H3,(H,32,38)(H,33,39);/q;+1/t11?,12-,13?,14?,15?,16-,17?,18?,19+,20-,21-,22?,23?,24-,25+,26?,27-,28-,29+,30+,31-;/m1./s1. The summed E-state index contributed by atoms with van der Waals surface area (Å²) in [5.41, 5.74) is 0. The van der Waals surface area contributed by atoms with Crippen LogP contribution in [0, 0.1) is 0 Å². The van der Waals surface area contributed by atoms with Gasteiger partial charge < -0.3 is 110 Å². The van der Waals surface area contributed by atoms with Crippen molar-refractivity contribution in [1.29, 1.82) is 0 Å². The SMILES string of the molecule is CC(=O)NC1[C@H](O[C@H]2C(CO)O[C@@H](O[C@@H]3C(CO)O[C@@H](O)C(O)[C@H]3O)C(O)[C@H]2O[C@]2(C)CC(O)[C@@H](NC(C)=O)C(C(O)[C@H](O)CO)O2)OC(CO)[C@H](O)[C@@H]1O.[Na+]. The third-order valence-electron chi connectivity index (χ3n) is 9.87. The number of aliphatic hydroxyl groups is 13. The van der Waals surface area contributed by atoms with Gasteiger partial charge in [0.2, 0.25) is 11.8 Å².